The second kappa shape index (κ2) is 5.27. The van der Waals surface area contributed by atoms with E-state index in [9.17, 15) is 8.42 Å². The summed E-state index contributed by atoms with van der Waals surface area (Å²) in [6, 6.07) is 6.66. The molecule has 1 aromatic rings. The second-order valence-electron chi connectivity index (χ2n) is 3.81. The van der Waals surface area contributed by atoms with Gasteiger partial charge in [0.15, 0.2) is 9.84 Å². The number of rotatable bonds is 5. The summed E-state index contributed by atoms with van der Waals surface area (Å²) in [5.74, 6) is 0. The first-order chi connectivity index (χ1) is 7.45. The van der Waals surface area contributed by atoms with E-state index in [0.29, 0.717) is 4.90 Å². The van der Waals surface area contributed by atoms with Crippen LogP contribution in [0.3, 0.4) is 0 Å². The molecule has 3 nitrogen and oxygen atoms in total. The normalized spacial score (nSPS) is 13.4. The molecule has 4 heteroatoms. The third-order valence-electron chi connectivity index (χ3n) is 2.42. The molecular formula is C12H17NO2S. The SMILES string of the molecule is C=CCCC(N)c1ccc(S(C)(=O)=O)cc1. The lowest BCUT2D eigenvalue weighted by molar-refractivity contribution is 0.601. The maximum atomic E-state index is 11.2. The van der Waals surface area contributed by atoms with Crippen LogP contribution in [0.5, 0.6) is 0 Å². The molecule has 0 saturated heterocycles. The fourth-order valence-corrected chi connectivity index (χ4v) is 2.06. The Bertz CT molecular complexity index is 448. The molecule has 0 aliphatic heterocycles. The van der Waals surface area contributed by atoms with Crippen LogP contribution < -0.4 is 5.73 Å². The number of sulfone groups is 1. The predicted octanol–water partition coefficient (Wildman–Crippen LogP) is 2.06. The van der Waals surface area contributed by atoms with Gasteiger partial charge in [-0.05, 0) is 30.5 Å². The Labute approximate surface area is 96.9 Å². The standard InChI is InChI=1S/C12H17NO2S/c1-3-4-5-12(13)10-6-8-11(9-7-10)16(2,14)15/h3,6-9,12H,1,4-5,13H2,2H3. The molecule has 0 spiro atoms. The first kappa shape index (κ1) is 12.9. The van der Waals surface area contributed by atoms with E-state index in [1.165, 1.54) is 6.26 Å². The van der Waals surface area contributed by atoms with Gasteiger partial charge in [0, 0.05) is 12.3 Å². The summed E-state index contributed by atoms with van der Waals surface area (Å²) in [6.45, 7) is 3.64. The van der Waals surface area contributed by atoms with E-state index in [0.717, 1.165) is 18.4 Å². The van der Waals surface area contributed by atoms with Crippen LogP contribution in [0.1, 0.15) is 24.4 Å². The zero-order valence-electron chi connectivity index (χ0n) is 9.39. The van der Waals surface area contributed by atoms with E-state index >= 15 is 0 Å². The molecule has 1 unspecified atom stereocenters. The first-order valence-corrected chi connectivity index (χ1v) is 7.01. The zero-order chi connectivity index (χ0) is 12.2. The van der Waals surface area contributed by atoms with Crippen molar-refractivity contribution in [2.45, 2.75) is 23.8 Å². The molecule has 1 aromatic carbocycles. The highest BCUT2D eigenvalue weighted by Gasteiger charge is 2.09. The summed E-state index contributed by atoms with van der Waals surface area (Å²) in [5, 5.41) is 0. The summed E-state index contributed by atoms with van der Waals surface area (Å²) in [7, 11) is -3.12. The fourth-order valence-electron chi connectivity index (χ4n) is 1.43. The molecule has 88 valence electrons. The molecule has 0 saturated carbocycles. The molecular weight excluding hydrogens is 222 g/mol. The molecule has 0 heterocycles. The Morgan fingerprint density at radius 1 is 1.38 bits per heavy atom. The molecule has 0 bridgehead atoms. The van der Waals surface area contributed by atoms with Crippen molar-refractivity contribution >= 4 is 9.84 Å². The van der Waals surface area contributed by atoms with Crippen molar-refractivity contribution in [2.24, 2.45) is 5.73 Å². The lowest BCUT2D eigenvalue weighted by atomic mass is 10.0. The highest BCUT2D eigenvalue weighted by molar-refractivity contribution is 7.90. The minimum Gasteiger partial charge on any atom is -0.324 e. The van der Waals surface area contributed by atoms with Crippen molar-refractivity contribution in [3.8, 4) is 0 Å². The van der Waals surface area contributed by atoms with Gasteiger partial charge in [0.05, 0.1) is 4.90 Å². The number of benzene rings is 1. The molecule has 0 fully saturated rings. The van der Waals surface area contributed by atoms with Crippen molar-refractivity contribution in [1.82, 2.24) is 0 Å². The van der Waals surface area contributed by atoms with Crippen molar-refractivity contribution in [1.29, 1.82) is 0 Å². The third kappa shape index (κ3) is 3.47. The number of nitrogens with two attached hydrogens (primary N) is 1. The third-order valence-corrected chi connectivity index (χ3v) is 3.55. The highest BCUT2D eigenvalue weighted by atomic mass is 32.2. The van der Waals surface area contributed by atoms with E-state index in [1.54, 1.807) is 24.3 Å². The molecule has 1 atom stereocenters. The molecule has 0 aliphatic carbocycles. The van der Waals surface area contributed by atoms with Crippen molar-refractivity contribution in [3.05, 3.63) is 42.5 Å². The van der Waals surface area contributed by atoms with Crippen LogP contribution in [0.4, 0.5) is 0 Å². The topological polar surface area (TPSA) is 60.2 Å². The quantitative estimate of drug-likeness (QED) is 0.800. The zero-order valence-corrected chi connectivity index (χ0v) is 10.2. The first-order valence-electron chi connectivity index (χ1n) is 5.11. The molecule has 0 radical (unpaired) electrons. The largest absolute Gasteiger partial charge is 0.324 e. The molecule has 0 aliphatic rings. The Kier molecular flexibility index (Phi) is 4.26. The lowest BCUT2D eigenvalue weighted by Gasteiger charge is -2.10. The van der Waals surface area contributed by atoms with Crippen LogP contribution in [0.25, 0.3) is 0 Å². The van der Waals surface area contributed by atoms with Gasteiger partial charge in [0.25, 0.3) is 0 Å². The summed E-state index contributed by atoms with van der Waals surface area (Å²) < 4.78 is 22.5. The lowest BCUT2D eigenvalue weighted by Crippen LogP contribution is -2.10. The number of hydrogen-bond donors (Lipinski definition) is 1. The maximum Gasteiger partial charge on any atom is 0.175 e. The predicted molar refractivity (Wildman–Crippen MR) is 65.9 cm³/mol. The molecule has 2 N–H and O–H groups in total. The summed E-state index contributed by atoms with van der Waals surface area (Å²) >= 11 is 0. The van der Waals surface area contributed by atoms with Gasteiger partial charge in [-0.3, -0.25) is 0 Å². The van der Waals surface area contributed by atoms with Crippen molar-refractivity contribution in [3.63, 3.8) is 0 Å². The van der Waals surface area contributed by atoms with E-state index in [2.05, 4.69) is 6.58 Å². The van der Waals surface area contributed by atoms with Gasteiger partial charge < -0.3 is 5.73 Å². The Hall–Kier alpha value is -1.13. The Balaban J connectivity index is 2.82. The van der Waals surface area contributed by atoms with Crippen LogP contribution >= 0.6 is 0 Å². The van der Waals surface area contributed by atoms with Crippen LogP contribution in [-0.4, -0.2) is 14.7 Å². The van der Waals surface area contributed by atoms with Gasteiger partial charge in [0.1, 0.15) is 0 Å². The average Bonchev–Trinajstić information content (AvgIpc) is 2.25. The van der Waals surface area contributed by atoms with Gasteiger partial charge in [0.2, 0.25) is 0 Å². The Morgan fingerprint density at radius 3 is 2.38 bits per heavy atom. The Morgan fingerprint density at radius 2 is 1.94 bits per heavy atom. The minimum atomic E-state index is -3.12. The second-order valence-corrected chi connectivity index (χ2v) is 5.83. The summed E-state index contributed by atoms with van der Waals surface area (Å²) in [5.41, 5.74) is 6.90. The van der Waals surface area contributed by atoms with E-state index in [4.69, 9.17) is 5.73 Å². The van der Waals surface area contributed by atoms with Gasteiger partial charge >= 0.3 is 0 Å². The van der Waals surface area contributed by atoms with Crippen molar-refractivity contribution in [2.75, 3.05) is 6.26 Å². The maximum absolute atomic E-state index is 11.2. The van der Waals surface area contributed by atoms with E-state index < -0.39 is 9.84 Å². The fraction of sp³-hybridized carbons (Fsp3) is 0.333. The summed E-state index contributed by atoms with van der Waals surface area (Å²) in [6.07, 6.45) is 4.70. The molecule has 0 amide bonds. The number of allylic oxidation sites excluding steroid dienone is 1. The molecule has 1 rings (SSSR count). The average molecular weight is 239 g/mol. The van der Waals surface area contributed by atoms with Gasteiger partial charge in [-0.2, -0.15) is 0 Å². The van der Waals surface area contributed by atoms with Gasteiger partial charge in [-0.15, -0.1) is 6.58 Å². The van der Waals surface area contributed by atoms with E-state index in [1.807, 2.05) is 6.08 Å². The highest BCUT2D eigenvalue weighted by Crippen LogP contribution is 2.18. The van der Waals surface area contributed by atoms with Crippen LogP contribution in [-0.2, 0) is 9.84 Å². The smallest absolute Gasteiger partial charge is 0.175 e. The van der Waals surface area contributed by atoms with Gasteiger partial charge in [-0.1, -0.05) is 18.2 Å². The van der Waals surface area contributed by atoms with Crippen molar-refractivity contribution < 1.29 is 8.42 Å². The molecule has 16 heavy (non-hydrogen) atoms. The summed E-state index contributed by atoms with van der Waals surface area (Å²) in [4.78, 5) is 0.326. The van der Waals surface area contributed by atoms with Crippen LogP contribution in [0.2, 0.25) is 0 Å². The van der Waals surface area contributed by atoms with E-state index in [-0.39, 0.29) is 6.04 Å². The van der Waals surface area contributed by atoms with Gasteiger partial charge in [-0.25, -0.2) is 8.42 Å². The number of hydrogen-bond acceptors (Lipinski definition) is 3. The molecule has 0 aromatic heterocycles. The minimum absolute atomic E-state index is 0.0633. The van der Waals surface area contributed by atoms with Crippen LogP contribution in [0, 0.1) is 0 Å². The monoisotopic (exact) mass is 239 g/mol. The van der Waals surface area contributed by atoms with Crippen LogP contribution in [0.15, 0.2) is 41.8 Å².